The predicted octanol–water partition coefficient (Wildman–Crippen LogP) is 0.640. The van der Waals surface area contributed by atoms with Crippen LogP contribution in [0.15, 0.2) is 12.7 Å². The smallest absolute Gasteiger partial charge is 0.310 e. The summed E-state index contributed by atoms with van der Waals surface area (Å²) in [4.78, 5) is 42.0. The summed E-state index contributed by atoms with van der Waals surface area (Å²) in [5, 5.41) is 19.6. The van der Waals surface area contributed by atoms with Crippen LogP contribution in [0.2, 0.25) is 0 Å². The van der Waals surface area contributed by atoms with Gasteiger partial charge < -0.3 is 24.7 Å². The van der Waals surface area contributed by atoms with Crippen LogP contribution < -0.4 is 0 Å². The standard InChI is InChI=1S/C20H30N2O6/c1-5-9-21(11(3)4)18(25)16-20-8-7-13(28-20)14(19(26)27)15(20)17(24)22(16)12(6-2)10-23/h5,11-16,23H,1,6-10H2,2-4H3,(H,26,27)/t12-,13+,14-,15-,16?,20?/m0/s1. The maximum Gasteiger partial charge on any atom is 0.310 e. The molecule has 3 aliphatic rings. The third-order valence-corrected chi connectivity index (χ3v) is 6.56. The normalized spacial score (nSPS) is 34.6. The quantitative estimate of drug-likeness (QED) is 0.585. The van der Waals surface area contributed by atoms with Crippen LogP contribution in [0.4, 0.5) is 0 Å². The van der Waals surface area contributed by atoms with Gasteiger partial charge in [-0.2, -0.15) is 0 Å². The average Bonchev–Trinajstić information content (AvgIpc) is 3.28. The fourth-order valence-electron chi connectivity index (χ4n) is 5.31. The zero-order valence-corrected chi connectivity index (χ0v) is 16.7. The average molecular weight is 394 g/mol. The number of hydrogen-bond acceptors (Lipinski definition) is 5. The van der Waals surface area contributed by atoms with Crippen LogP contribution in [0.1, 0.15) is 40.0 Å². The van der Waals surface area contributed by atoms with E-state index < -0.39 is 47.5 Å². The molecule has 3 aliphatic heterocycles. The number of carbonyl (C=O) groups excluding carboxylic acids is 2. The number of amides is 2. The number of aliphatic carboxylic acids is 1. The number of carboxylic acids is 1. The van der Waals surface area contributed by atoms with Crippen LogP contribution in [0.3, 0.4) is 0 Å². The summed E-state index contributed by atoms with van der Waals surface area (Å²) in [6.45, 7) is 9.34. The summed E-state index contributed by atoms with van der Waals surface area (Å²) in [5.74, 6) is -3.58. The summed E-state index contributed by atoms with van der Waals surface area (Å²) < 4.78 is 6.14. The molecule has 2 amide bonds. The highest BCUT2D eigenvalue weighted by Crippen LogP contribution is 2.59. The van der Waals surface area contributed by atoms with Gasteiger partial charge in [-0.25, -0.2) is 0 Å². The summed E-state index contributed by atoms with van der Waals surface area (Å²) in [6.07, 6.45) is 2.51. The Morgan fingerprint density at radius 3 is 2.64 bits per heavy atom. The minimum absolute atomic E-state index is 0.124. The minimum Gasteiger partial charge on any atom is -0.481 e. The number of carbonyl (C=O) groups is 3. The molecule has 8 heteroatoms. The fourth-order valence-corrected chi connectivity index (χ4v) is 5.31. The van der Waals surface area contributed by atoms with E-state index in [-0.39, 0.29) is 18.6 Å². The molecule has 3 fully saturated rings. The Labute approximate surface area is 165 Å². The van der Waals surface area contributed by atoms with Crippen LogP contribution in [-0.2, 0) is 19.1 Å². The lowest BCUT2D eigenvalue weighted by Crippen LogP contribution is -2.59. The molecular weight excluding hydrogens is 364 g/mol. The number of hydrogen-bond donors (Lipinski definition) is 2. The van der Waals surface area contributed by atoms with E-state index in [9.17, 15) is 24.6 Å². The first-order valence-electron chi connectivity index (χ1n) is 10.00. The van der Waals surface area contributed by atoms with Crippen molar-refractivity contribution in [2.75, 3.05) is 13.2 Å². The molecule has 0 aromatic heterocycles. The van der Waals surface area contributed by atoms with Crippen LogP contribution >= 0.6 is 0 Å². The van der Waals surface area contributed by atoms with Gasteiger partial charge in [-0.15, -0.1) is 6.58 Å². The first-order chi connectivity index (χ1) is 13.2. The lowest BCUT2D eigenvalue weighted by Gasteiger charge is -2.40. The zero-order valence-electron chi connectivity index (χ0n) is 16.7. The van der Waals surface area contributed by atoms with Crippen molar-refractivity contribution in [2.24, 2.45) is 11.8 Å². The van der Waals surface area contributed by atoms with Crippen molar-refractivity contribution in [3.8, 4) is 0 Å². The molecule has 0 aliphatic carbocycles. The van der Waals surface area contributed by atoms with Gasteiger partial charge >= 0.3 is 5.97 Å². The van der Waals surface area contributed by atoms with Gasteiger partial charge in [0.2, 0.25) is 11.8 Å². The van der Waals surface area contributed by atoms with Crippen molar-refractivity contribution in [2.45, 2.75) is 69.9 Å². The van der Waals surface area contributed by atoms with Crippen LogP contribution in [0.5, 0.6) is 0 Å². The number of nitrogens with zero attached hydrogens (tertiary/aromatic N) is 2. The van der Waals surface area contributed by atoms with Gasteiger partial charge in [0, 0.05) is 12.6 Å². The lowest BCUT2D eigenvalue weighted by molar-refractivity contribution is -0.154. The summed E-state index contributed by atoms with van der Waals surface area (Å²) >= 11 is 0. The summed E-state index contributed by atoms with van der Waals surface area (Å²) in [5.41, 5.74) is -1.14. The van der Waals surface area contributed by atoms with Gasteiger partial charge in [0.15, 0.2) is 0 Å². The highest BCUT2D eigenvalue weighted by molar-refractivity contribution is 5.98. The third-order valence-electron chi connectivity index (χ3n) is 6.56. The van der Waals surface area contributed by atoms with E-state index in [0.29, 0.717) is 25.8 Å². The minimum atomic E-state index is -1.14. The van der Waals surface area contributed by atoms with Crippen molar-refractivity contribution in [3.05, 3.63) is 12.7 Å². The first-order valence-corrected chi connectivity index (χ1v) is 10.00. The third kappa shape index (κ3) is 2.76. The van der Waals surface area contributed by atoms with Gasteiger partial charge in [0.05, 0.1) is 30.6 Å². The largest absolute Gasteiger partial charge is 0.481 e. The molecule has 2 unspecified atom stereocenters. The molecule has 3 heterocycles. The van der Waals surface area contributed by atoms with E-state index in [1.807, 2.05) is 20.8 Å². The second-order valence-electron chi connectivity index (χ2n) is 8.26. The number of carboxylic acid groups (broad SMARTS) is 1. The van der Waals surface area contributed by atoms with Crippen LogP contribution in [0, 0.1) is 11.8 Å². The number of aliphatic hydroxyl groups excluding tert-OH is 1. The molecule has 156 valence electrons. The topological polar surface area (TPSA) is 107 Å². The lowest BCUT2D eigenvalue weighted by atomic mass is 9.70. The van der Waals surface area contributed by atoms with Crippen LogP contribution in [-0.4, -0.2) is 80.8 Å². The first kappa shape index (κ1) is 20.8. The van der Waals surface area contributed by atoms with E-state index in [4.69, 9.17) is 4.74 Å². The van der Waals surface area contributed by atoms with Gasteiger partial charge in [0.25, 0.3) is 0 Å². The van der Waals surface area contributed by atoms with E-state index in [1.54, 1.807) is 11.0 Å². The Bertz CT molecular complexity index is 676. The molecule has 2 bridgehead atoms. The Morgan fingerprint density at radius 1 is 1.46 bits per heavy atom. The zero-order chi connectivity index (χ0) is 20.8. The monoisotopic (exact) mass is 394 g/mol. The molecule has 0 saturated carbocycles. The number of fused-ring (bicyclic) bond motifs is 1. The number of aliphatic hydroxyl groups is 1. The summed E-state index contributed by atoms with van der Waals surface area (Å²) in [6, 6.07) is -1.61. The van der Waals surface area contributed by atoms with E-state index in [2.05, 4.69) is 6.58 Å². The maximum atomic E-state index is 13.6. The highest BCUT2D eigenvalue weighted by atomic mass is 16.5. The molecule has 0 radical (unpaired) electrons. The molecule has 3 rings (SSSR count). The van der Waals surface area contributed by atoms with Crippen molar-refractivity contribution < 1.29 is 29.3 Å². The van der Waals surface area contributed by atoms with Crippen molar-refractivity contribution in [3.63, 3.8) is 0 Å². The van der Waals surface area contributed by atoms with Crippen molar-refractivity contribution in [1.29, 1.82) is 0 Å². The van der Waals surface area contributed by atoms with Gasteiger partial charge in [0.1, 0.15) is 11.6 Å². The van der Waals surface area contributed by atoms with Crippen LogP contribution in [0.25, 0.3) is 0 Å². The molecule has 1 spiro atoms. The Kier molecular flexibility index (Phi) is 5.55. The molecule has 6 atom stereocenters. The molecule has 3 saturated heterocycles. The SMILES string of the molecule is C=CCN(C(=O)C1N([C@@H](CC)CO)C(=O)[C@@H]2[C@@H](C(=O)O)[C@H]3CCC12O3)C(C)C. The number of likely N-dealkylation sites (tertiary alicyclic amines) is 1. The van der Waals surface area contributed by atoms with Gasteiger partial charge in [-0.1, -0.05) is 13.0 Å². The van der Waals surface area contributed by atoms with Crippen molar-refractivity contribution >= 4 is 17.8 Å². The Hall–Kier alpha value is -1.93. The van der Waals surface area contributed by atoms with Crippen molar-refractivity contribution in [1.82, 2.24) is 9.80 Å². The van der Waals surface area contributed by atoms with Gasteiger partial charge in [-0.3, -0.25) is 14.4 Å². The molecule has 0 aromatic rings. The second kappa shape index (κ2) is 7.48. The Morgan fingerprint density at radius 2 is 2.14 bits per heavy atom. The molecule has 2 N–H and O–H groups in total. The maximum absolute atomic E-state index is 13.6. The number of ether oxygens (including phenoxy) is 1. The summed E-state index contributed by atoms with van der Waals surface area (Å²) in [7, 11) is 0. The Balaban J connectivity index is 2.10. The van der Waals surface area contributed by atoms with E-state index in [1.165, 1.54) is 4.90 Å². The molecule has 0 aromatic carbocycles. The van der Waals surface area contributed by atoms with E-state index in [0.717, 1.165) is 0 Å². The number of rotatable bonds is 8. The fraction of sp³-hybridized carbons (Fsp3) is 0.750. The predicted molar refractivity (Wildman–Crippen MR) is 100 cm³/mol. The molecule has 28 heavy (non-hydrogen) atoms. The van der Waals surface area contributed by atoms with Gasteiger partial charge in [-0.05, 0) is 33.1 Å². The highest BCUT2D eigenvalue weighted by Gasteiger charge is 2.75. The molecule has 8 nitrogen and oxygen atoms in total. The second-order valence-corrected chi connectivity index (χ2v) is 8.26. The molecular formula is C20H30N2O6. The van der Waals surface area contributed by atoms with E-state index >= 15 is 0 Å².